The standard InChI is InChI=1S/C25H26N6O3/c1-25(2,3)34-24(33)30-21(13-17-14-28-19-9-5-4-8-18(17)19)23(32)31-29-15-16-7-6-10-20-22(16)27-12-11-26-20/h4-12,14-15,21,28H,13H2,1-3H3,(H,30,33)(H,31,32)/b29-15+. The van der Waals surface area contributed by atoms with Gasteiger partial charge in [-0.1, -0.05) is 30.3 Å². The highest BCUT2D eigenvalue weighted by Gasteiger charge is 2.25. The molecule has 2 aromatic carbocycles. The summed E-state index contributed by atoms with van der Waals surface area (Å²) in [4.78, 5) is 37.2. The molecule has 1 atom stereocenters. The van der Waals surface area contributed by atoms with E-state index in [0.29, 0.717) is 11.1 Å². The van der Waals surface area contributed by atoms with E-state index >= 15 is 0 Å². The van der Waals surface area contributed by atoms with Gasteiger partial charge in [-0.25, -0.2) is 10.2 Å². The van der Waals surface area contributed by atoms with Gasteiger partial charge in [-0.3, -0.25) is 14.8 Å². The predicted molar refractivity (Wildman–Crippen MR) is 130 cm³/mol. The van der Waals surface area contributed by atoms with E-state index in [1.165, 1.54) is 6.21 Å². The summed E-state index contributed by atoms with van der Waals surface area (Å²) in [7, 11) is 0. The van der Waals surface area contributed by atoms with Crippen LogP contribution in [-0.4, -0.2) is 44.8 Å². The Morgan fingerprint density at radius 2 is 1.91 bits per heavy atom. The smallest absolute Gasteiger partial charge is 0.408 e. The van der Waals surface area contributed by atoms with Gasteiger partial charge in [-0.2, -0.15) is 5.10 Å². The molecule has 3 N–H and O–H groups in total. The lowest BCUT2D eigenvalue weighted by Gasteiger charge is -2.22. The summed E-state index contributed by atoms with van der Waals surface area (Å²) < 4.78 is 5.36. The number of carbonyl (C=O) groups excluding carboxylic acids is 2. The number of aromatic nitrogens is 3. The van der Waals surface area contributed by atoms with Crippen LogP contribution in [0.15, 0.2) is 66.2 Å². The molecule has 0 aliphatic rings. The summed E-state index contributed by atoms with van der Waals surface area (Å²) in [5.74, 6) is -0.473. The van der Waals surface area contributed by atoms with E-state index in [0.717, 1.165) is 22.0 Å². The summed E-state index contributed by atoms with van der Waals surface area (Å²) in [5, 5.41) is 7.74. The molecule has 2 aromatic heterocycles. The Labute approximate surface area is 196 Å². The molecule has 1 unspecified atom stereocenters. The number of rotatable bonds is 6. The molecule has 174 valence electrons. The van der Waals surface area contributed by atoms with E-state index in [4.69, 9.17) is 4.74 Å². The maximum atomic E-state index is 13.0. The largest absolute Gasteiger partial charge is 0.444 e. The Balaban J connectivity index is 1.52. The first-order chi connectivity index (χ1) is 16.3. The average Bonchev–Trinajstić information content (AvgIpc) is 3.20. The van der Waals surface area contributed by atoms with Gasteiger partial charge in [0.1, 0.15) is 11.6 Å². The summed E-state index contributed by atoms with van der Waals surface area (Å²) in [6.07, 6.45) is 6.12. The zero-order valence-corrected chi connectivity index (χ0v) is 19.2. The van der Waals surface area contributed by atoms with Gasteiger partial charge < -0.3 is 15.0 Å². The number of H-pyrrole nitrogens is 1. The highest BCUT2D eigenvalue weighted by atomic mass is 16.6. The minimum atomic E-state index is -0.904. The maximum Gasteiger partial charge on any atom is 0.408 e. The summed E-state index contributed by atoms with van der Waals surface area (Å²) in [5.41, 5.74) is 5.77. The molecule has 0 saturated carbocycles. The van der Waals surface area contributed by atoms with Gasteiger partial charge in [0.15, 0.2) is 0 Å². The Bertz CT molecular complexity index is 1350. The number of hydrazone groups is 1. The molecule has 9 heteroatoms. The van der Waals surface area contributed by atoms with Crippen molar-refractivity contribution in [2.45, 2.75) is 38.8 Å². The molecule has 34 heavy (non-hydrogen) atoms. The van der Waals surface area contributed by atoms with Crippen molar-refractivity contribution in [1.82, 2.24) is 25.7 Å². The molecule has 0 aliphatic heterocycles. The fourth-order valence-corrected chi connectivity index (χ4v) is 3.54. The number of hydrogen-bond donors (Lipinski definition) is 3. The molecular weight excluding hydrogens is 432 g/mol. The highest BCUT2D eigenvalue weighted by Crippen LogP contribution is 2.19. The molecule has 0 aliphatic carbocycles. The second-order valence-electron chi connectivity index (χ2n) is 8.77. The van der Waals surface area contributed by atoms with E-state index in [2.05, 4.69) is 30.8 Å². The third kappa shape index (κ3) is 5.55. The van der Waals surface area contributed by atoms with Gasteiger partial charge in [0.2, 0.25) is 0 Å². The van der Waals surface area contributed by atoms with Crippen molar-refractivity contribution in [2.24, 2.45) is 5.10 Å². The normalized spacial score (nSPS) is 12.7. The van der Waals surface area contributed by atoms with Crippen LogP contribution in [0.5, 0.6) is 0 Å². The van der Waals surface area contributed by atoms with E-state index < -0.39 is 23.6 Å². The van der Waals surface area contributed by atoms with Crippen molar-refractivity contribution in [3.05, 3.63) is 72.2 Å². The first kappa shape index (κ1) is 22.9. The van der Waals surface area contributed by atoms with Gasteiger partial charge >= 0.3 is 6.09 Å². The number of alkyl carbamates (subject to hydrolysis) is 1. The predicted octanol–water partition coefficient (Wildman–Crippen LogP) is 3.70. The molecule has 0 spiro atoms. The number of aromatic amines is 1. The van der Waals surface area contributed by atoms with Crippen LogP contribution in [0.2, 0.25) is 0 Å². The molecule has 2 heterocycles. The first-order valence-corrected chi connectivity index (χ1v) is 10.9. The number of nitrogens with one attached hydrogen (secondary N) is 3. The van der Waals surface area contributed by atoms with E-state index in [9.17, 15) is 9.59 Å². The molecule has 4 aromatic rings. The Hall–Kier alpha value is -4.27. The maximum absolute atomic E-state index is 13.0. The third-order valence-corrected chi connectivity index (χ3v) is 5.01. The summed E-state index contributed by atoms with van der Waals surface area (Å²) in [6.45, 7) is 5.29. The highest BCUT2D eigenvalue weighted by molar-refractivity contribution is 5.96. The number of para-hydroxylation sites is 2. The number of hydrogen-bond acceptors (Lipinski definition) is 6. The second kappa shape index (κ2) is 9.70. The lowest BCUT2D eigenvalue weighted by molar-refractivity contribution is -0.123. The van der Waals surface area contributed by atoms with Gasteiger partial charge in [-0.15, -0.1) is 0 Å². The fraction of sp³-hybridized carbons (Fsp3) is 0.240. The number of carbonyl (C=O) groups is 2. The summed E-state index contributed by atoms with van der Waals surface area (Å²) >= 11 is 0. The van der Waals surface area contributed by atoms with Crippen molar-refractivity contribution >= 4 is 40.2 Å². The summed E-state index contributed by atoms with van der Waals surface area (Å²) in [6, 6.07) is 12.4. The van der Waals surface area contributed by atoms with Gasteiger partial charge in [0.25, 0.3) is 5.91 Å². The molecule has 9 nitrogen and oxygen atoms in total. The molecule has 0 radical (unpaired) electrons. The van der Waals surface area contributed by atoms with Gasteiger partial charge in [0, 0.05) is 41.5 Å². The van der Waals surface area contributed by atoms with Gasteiger partial charge in [-0.05, 0) is 38.5 Å². The Morgan fingerprint density at radius 3 is 2.74 bits per heavy atom. The quantitative estimate of drug-likeness (QED) is 0.300. The average molecular weight is 459 g/mol. The SMILES string of the molecule is CC(C)(C)OC(=O)NC(Cc1c[nH]c2ccccc12)C(=O)N/N=C/c1cccc2nccnc12. The molecular formula is C25H26N6O3. The molecule has 2 amide bonds. The minimum Gasteiger partial charge on any atom is -0.444 e. The molecule has 0 fully saturated rings. The van der Waals surface area contributed by atoms with Crippen molar-refractivity contribution in [2.75, 3.05) is 0 Å². The molecule has 4 rings (SSSR count). The van der Waals surface area contributed by atoms with E-state index in [1.54, 1.807) is 33.2 Å². The van der Waals surface area contributed by atoms with Crippen molar-refractivity contribution in [3.63, 3.8) is 0 Å². The van der Waals surface area contributed by atoms with Gasteiger partial charge in [0.05, 0.1) is 17.2 Å². The minimum absolute atomic E-state index is 0.254. The topological polar surface area (TPSA) is 121 Å². The fourth-order valence-electron chi connectivity index (χ4n) is 3.54. The zero-order valence-electron chi connectivity index (χ0n) is 19.2. The monoisotopic (exact) mass is 458 g/mol. The van der Waals surface area contributed by atoms with Crippen molar-refractivity contribution in [1.29, 1.82) is 0 Å². The van der Waals surface area contributed by atoms with E-state index in [1.807, 2.05) is 48.7 Å². The van der Waals surface area contributed by atoms with Crippen LogP contribution in [0, 0.1) is 0 Å². The number of ether oxygens (including phenoxy) is 1. The lowest BCUT2D eigenvalue weighted by atomic mass is 10.0. The second-order valence-corrected chi connectivity index (χ2v) is 8.77. The van der Waals surface area contributed by atoms with E-state index in [-0.39, 0.29) is 6.42 Å². The van der Waals surface area contributed by atoms with Crippen molar-refractivity contribution < 1.29 is 14.3 Å². The molecule has 0 bridgehead atoms. The number of nitrogens with zero attached hydrogens (tertiary/aromatic N) is 3. The van der Waals surface area contributed by atoms with Crippen molar-refractivity contribution in [3.8, 4) is 0 Å². The number of benzene rings is 2. The van der Waals surface area contributed by atoms with Crippen LogP contribution in [-0.2, 0) is 16.0 Å². The van der Waals surface area contributed by atoms with Crippen LogP contribution in [0.3, 0.4) is 0 Å². The van der Waals surface area contributed by atoms with Crippen LogP contribution in [0.1, 0.15) is 31.9 Å². The number of amides is 2. The van der Waals surface area contributed by atoms with Crippen LogP contribution >= 0.6 is 0 Å². The van der Waals surface area contributed by atoms with Crippen LogP contribution in [0.25, 0.3) is 21.9 Å². The Kier molecular flexibility index (Phi) is 6.53. The van der Waals surface area contributed by atoms with Crippen LogP contribution < -0.4 is 10.7 Å². The number of fused-ring (bicyclic) bond motifs is 2. The third-order valence-electron chi connectivity index (χ3n) is 5.01. The molecule has 0 saturated heterocycles. The Morgan fingerprint density at radius 1 is 1.12 bits per heavy atom. The zero-order chi connectivity index (χ0) is 24.1. The van der Waals surface area contributed by atoms with Crippen LogP contribution in [0.4, 0.5) is 4.79 Å². The first-order valence-electron chi connectivity index (χ1n) is 10.9. The lowest BCUT2D eigenvalue weighted by Crippen LogP contribution is -2.48.